The predicted molar refractivity (Wildman–Crippen MR) is 118 cm³/mol. The Kier molecular flexibility index (Phi) is 6.29. The Morgan fingerprint density at radius 2 is 1.61 bits per heavy atom. The maximum Gasteiger partial charge on any atom is 0.322 e. The number of carbonyl (C=O) groups excluding carboxylic acids is 1. The molecule has 4 rings (SSSR count). The fraction of sp³-hybridized carbons (Fsp3) is 0.200. The van der Waals surface area contributed by atoms with E-state index in [0.29, 0.717) is 41.6 Å². The average molecular weight is 415 g/mol. The van der Waals surface area contributed by atoms with Gasteiger partial charge in [0.1, 0.15) is 23.4 Å². The molecule has 157 valence electrons. The van der Waals surface area contributed by atoms with E-state index in [1.807, 2.05) is 93.1 Å². The Labute approximate surface area is 181 Å². The third-order valence-electron chi connectivity index (χ3n) is 4.78. The number of aromatic nitrogens is 2. The van der Waals surface area contributed by atoms with E-state index in [-0.39, 0.29) is 0 Å². The number of nitrogens with zero attached hydrogens (tertiary/aromatic N) is 2. The molecular formula is C25H23N2O4. The van der Waals surface area contributed by atoms with E-state index < -0.39 is 6.10 Å². The monoisotopic (exact) mass is 415 g/mol. The standard InChI is InChI=1S/C25H23N2O4/c1-3-29-21-14-15-23-22(16-21)26-25(27(23)17-28)24(30-4-2)18-10-12-20(13-11-18)31-19-8-6-5-7-9-19/h5-16,24H,3-4H2,1-2H3. The molecule has 6 heteroatoms. The van der Waals surface area contributed by atoms with Crippen LogP contribution in [0.5, 0.6) is 17.2 Å². The van der Waals surface area contributed by atoms with Gasteiger partial charge in [-0.15, -0.1) is 0 Å². The van der Waals surface area contributed by atoms with Crippen LogP contribution in [0.4, 0.5) is 0 Å². The number of hydrogen-bond acceptors (Lipinski definition) is 5. The lowest BCUT2D eigenvalue weighted by molar-refractivity contribution is 0.0847. The fourth-order valence-electron chi connectivity index (χ4n) is 3.43. The van der Waals surface area contributed by atoms with Crippen LogP contribution in [0.1, 0.15) is 31.3 Å². The molecule has 0 aliphatic carbocycles. The van der Waals surface area contributed by atoms with Crippen LogP contribution in [0.3, 0.4) is 0 Å². The quantitative estimate of drug-likeness (QED) is 0.373. The summed E-state index contributed by atoms with van der Waals surface area (Å²) in [7, 11) is 0. The maximum absolute atomic E-state index is 11.8. The highest BCUT2D eigenvalue weighted by atomic mass is 16.5. The first-order chi connectivity index (χ1) is 15.2. The fourth-order valence-corrected chi connectivity index (χ4v) is 3.43. The Balaban J connectivity index is 1.68. The molecule has 0 fully saturated rings. The van der Waals surface area contributed by atoms with Gasteiger partial charge in [-0.3, -0.25) is 9.36 Å². The normalized spacial score (nSPS) is 11.9. The molecule has 1 atom stereocenters. The Bertz CT molecular complexity index is 1150. The molecule has 31 heavy (non-hydrogen) atoms. The molecule has 0 aliphatic heterocycles. The summed E-state index contributed by atoms with van der Waals surface area (Å²) in [6.45, 7) is 4.84. The SMILES string of the molecule is CCOc1ccc2c(c1)nc(C(OCC)c1ccc(Oc3ccccc3)cc1)n2[C]=O. The first-order valence-electron chi connectivity index (χ1n) is 10.2. The smallest absolute Gasteiger partial charge is 0.322 e. The summed E-state index contributed by atoms with van der Waals surface area (Å²) in [5, 5.41) is 0. The highest BCUT2D eigenvalue weighted by molar-refractivity contribution is 5.84. The Morgan fingerprint density at radius 1 is 0.903 bits per heavy atom. The zero-order valence-electron chi connectivity index (χ0n) is 17.4. The van der Waals surface area contributed by atoms with Gasteiger partial charge < -0.3 is 14.2 Å². The lowest BCUT2D eigenvalue weighted by Gasteiger charge is -2.17. The summed E-state index contributed by atoms with van der Waals surface area (Å²) in [6.07, 6.45) is 1.45. The minimum Gasteiger partial charge on any atom is -0.494 e. The van der Waals surface area contributed by atoms with E-state index in [0.717, 1.165) is 11.3 Å². The van der Waals surface area contributed by atoms with Gasteiger partial charge in [0.2, 0.25) is 0 Å². The first-order valence-corrected chi connectivity index (χ1v) is 10.2. The lowest BCUT2D eigenvalue weighted by atomic mass is 10.1. The highest BCUT2D eigenvalue weighted by Crippen LogP contribution is 2.31. The minimum atomic E-state index is -0.528. The number of benzene rings is 3. The van der Waals surface area contributed by atoms with Crippen molar-refractivity contribution in [3.8, 4) is 17.2 Å². The molecule has 4 aromatic rings. The van der Waals surface area contributed by atoms with Gasteiger partial charge >= 0.3 is 6.41 Å². The summed E-state index contributed by atoms with van der Waals surface area (Å²) >= 11 is 0. The Hall–Kier alpha value is -3.64. The second-order valence-corrected chi connectivity index (χ2v) is 6.80. The first kappa shape index (κ1) is 20.6. The molecule has 0 amide bonds. The second kappa shape index (κ2) is 9.45. The van der Waals surface area contributed by atoms with E-state index >= 15 is 0 Å². The van der Waals surface area contributed by atoms with Gasteiger partial charge in [-0.1, -0.05) is 30.3 Å². The summed E-state index contributed by atoms with van der Waals surface area (Å²) in [6, 6.07) is 22.6. The van der Waals surface area contributed by atoms with E-state index in [4.69, 9.17) is 14.2 Å². The molecule has 1 aromatic heterocycles. The van der Waals surface area contributed by atoms with Crippen molar-refractivity contribution in [3.63, 3.8) is 0 Å². The van der Waals surface area contributed by atoms with Gasteiger partial charge in [-0.05, 0) is 55.8 Å². The number of ether oxygens (including phenoxy) is 3. The van der Waals surface area contributed by atoms with Crippen molar-refractivity contribution in [2.24, 2.45) is 0 Å². The summed E-state index contributed by atoms with van der Waals surface area (Å²) in [4.78, 5) is 16.5. The third-order valence-corrected chi connectivity index (χ3v) is 4.78. The van der Waals surface area contributed by atoms with Gasteiger partial charge in [-0.2, -0.15) is 0 Å². The molecule has 1 heterocycles. The number of imidazole rings is 1. The molecule has 0 aliphatic rings. The van der Waals surface area contributed by atoms with Gasteiger partial charge in [0.05, 0.1) is 17.6 Å². The van der Waals surface area contributed by atoms with Crippen LogP contribution < -0.4 is 9.47 Å². The van der Waals surface area contributed by atoms with Crippen molar-refractivity contribution in [1.82, 2.24) is 9.55 Å². The maximum atomic E-state index is 11.8. The molecule has 0 saturated carbocycles. The average Bonchev–Trinajstić information content (AvgIpc) is 3.16. The number of fused-ring (bicyclic) bond motifs is 1. The van der Waals surface area contributed by atoms with Crippen LogP contribution >= 0.6 is 0 Å². The van der Waals surface area contributed by atoms with Crippen LogP contribution in [0, 0.1) is 0 Å². The Morgan fingerprint density at radius 3 is 2.29 bits per heavy atom. The summed E-state index contributed by atoms with van der Waals surface area (Å²) in [5.74, 6) is 2.64. The summed E-state index contributed by atoms with van der Waals surface area (Å²) in [5.41, 5.74) is 2.17. The van der Waals surface area contributed by atoms with Gasteiger partial charge in [0.15, 0.2) is 5.82 Å². The number of para-hydroxylation sites is 1. The van der Waals surface area contributed by atoms with Crippen molar-refractivity contribution in [3.05, 3.63) is 84.2 Å². The number of rotatable bonds is 9. The van der Waals surface area contributed by atoms with Crippen molar-refractivity contribution >= 4 is 17.4 Å². The molecule has 6 nitrogen and oxygen atoms in total. The zero-order chi connectivity index (χ0) is 21.6. The van der Waals surface area contributed by atoms with E-state index in [1.54, 1.807) is 0 Å². The van der Waals surface area contributed by atoms with E-state index in [9.17, 15) is 4.79 Å². The topological polar surface area (TPSA) is 62.6 Å². The van der Waals surface area contributed by atoms with Crippen LogP contribution in [0.25, 0.3) is 11.0 Å². The molecule has 0 N–H and O–H groups in total. The lowest BCUT2D eigenvalue weighted by Crippen LogP contribution is -2.13. The molecule has 3 aromatic carbocycles. The van der Waals surface area contributed by atoms with Crippen LogP contribution in [0.15, 0.2) is 72.8 Å². The molecule has 1 unspecified atom stereocenters. The molecule has 0 bridgehead atoms. The van der Waals surface area contributed by atoms with Crippen molar-refractivity contribution in [2.75, 3.05) is 13.2 Å². The van der Waals surface area contributed by atoms with Crippen LogP contribution in [-0.2, 0) is 9.53 Å². The second-order valence-electron chi connectivity index (χ2n) is 6.80. The van der Waals surface area contributed by atoms with Crippen molar-refractivity contribution < 1.29 is 19.0 Å². The van der Waals surface area contributed by atoms with Crippen LogP contribution in [0.2, 0.25) is 0 Å². The van der Waals surface area contributed by atoms with Crippen molar-refractivity contribution in [2.45, 2.75) is 20.0 Å². The highest BCUT2D eigenvalue weighted by Gasteiger charge is 2.23. The molecule has 0 saturated heterocycles. The van der Waals surface area contributed by atoms with Gasteiger partial charge in [0, 0.05) is 12.7 Å². The zero-order valence-corrected chi connectivity index (χ0v) is 17.4. The predicted octanol–water partition coefficient (Wildman–Crippen LogP) is 5.27. The van der Waals surface area contributed by atoms with Gasteiger partial charge in [-0.25, -0.2) is 4.98 Å². The molecule has 1 radical (unpaired) electrons. The van der Waals surface area contributed by atoms with E-state index in [2.05, 4.69) is 4.98 Å². The van der Waals surface area contributed by atoms with E-state index in [1.165, 1.54) is 4.57 Å². The minimum absolute atomic E-state index is 0.458. The molecule has 0 spiro atoms. The summed E-state index contributed by atoms with van der Waals surface area (Å²) < 4.78 is 18.8. The van der Waals surface area contributed by atoms with Crippen LogP contribution in [-0.4, -0.2) is 29.2 Å². The van der Waals surface area contributed by atoms with Gasteiger partial charge in [0.25, 0.3) is 0 Å². The number of hydrogen-bond donors (Lipinski definition) is 0. The van der Waals surface area contributed by atoms with Crippen molar-refractivity contribution in [1.29, 1.82) is 0 Å². The largest absolute Gasteiger partial charge is 0.494 e. The third kappa shape index (κ3) is 4.44. The molecular weight excluding hydrogens is 392 g/mol.